The van der Waals surface area contributed by atoms with E-state index in [-0.39, 0.29) is 0 Å². The predicted octanol–water partition coefficient (Wildman–Crippen LogP) is 2.24. The Morgan fingerprint density at radius 2 is 2.07 bits per heavy atom. The first kappa shape index (κ1) is 10.5. The Kier molecular flexibility index (Phi) is 3.94. The molecule has 4 nitrogen and oxygen atoms in total. The van der Waals surface area contributed by atoms with Crippen molar-refractivity contribution < 1.29 is 9.63 Å². The van der Waals surface area contributed by atoms with E-state index in [2.05, 4.69) is 0 Å². The van der Waals surface area contributed by atoms with Gasteiger partial charge in [0.05, 0.1) is 12.3 Å². The molecule has 1 N–H and O–H groups in total. The molecule has 0 aliphatic carbocycles. The van der Waals surface area contributed by atoms with Gasteiger partial charge in [-0.15, -0.1) is 0 Å². The quantitative estimate of drug-likeness (QED) is 0.688. The van der Waals surface area contributed by atoms with Crippen LogP contribution in [0.4, 0.5) is 10.5 Å². The van der Waals surface area contributed by atoms with Crippen LogP contribution in [0.5, 0.6) is 0 Å². The van der Waals surface area contributed by atoms with Gasteiger partial charge in [-0.05, 0) is 18.6 Å². The molecule has 0 bridgehead atoms. The molecule has 0 heterocycles. The van der Waals surface area contributed by atoms with E-state index in [9.17, 15) is 4.79 Å². The van der Waals surface area contributed by atoms with Crippen LogP contribution in [0.2, 0.25) is 0 Å². The van der Waals surface area contributed by atoms with Crippen molar-refractivity contribution in [2.45, 2.75) is 13.3 Å². The summed E-state index contributed by atoms with van der Waals surface area (Å²) in [5, 5.41) is 0.990. The predicted molar refractivity (Wildman–Crippen MR) is 53.7 cm³/mol. The van der Waals surface area contributed by atoms with Crippen molar-refractivity contribution in [1.82, 2.24) is 5.73 Å². The van der Waals surface area contributed by atoms with E-state index in [1.165, 1.54) is 0 Å². The number of nitrogens with zero attached hydrogens (tertiary/aromatic N) is 1. The third kappa shape index (κ3) is 2.74. The van der Waals surface area contributed by atoms with Gasteiger partial charge in [0.15, 0.2) is 0 Å². The van der Waals surface area contributed by atoms with E-state index in [0.717, 1.165) is 11.5 Å². The number of amides is 2. The van der Waals surface area contributed by atoms with Crippen LogP contribution in [0, 0.1) is 0 Å². The molecule has 2 amide bonds. The van der Waals surface area contributed by atoms with Gasteiger partial charge in [-0.1, -0.05) is 25.1 Å². The molecule has 0 saturated carbocycles. The van der Waals surface area contributed by atoms with Gasteiger partial charge in [-0.25, -0.2) is 10.5 Å². The SMILES string of the molecule is CCCON(C([NH])=O)c1ccccc1. The van der Waals surface area contributed by atoms with Crippen molar-refractivity contribution in [2.75, 3.05) is 11.7 Å². The molecule has 0 unspecified atom stereocenters. The summed E-state index contributed by atoms with van der Waals surface area (Å²) in [5.74, 6) is 0. The topological polar surface area (TPSA) is 53.3 Å². The number of hydrogen-bond acceptors (Lipinski definition) is 2. The number of carbonyl (C=O) groups excluding carboxylic acids is 1. The van der Waals surface area contributed by atoms with Gasteiger partial charge in [0, 0.05) is 0 Å². The third-order valence-corrected chi connectivity index (χ3v) is 1.60. The normalized spacial score (nSPS) is 9.79. The van der Waals surface area contributed by atoms with Crippen LogP contribution in [0.1, 0.15) is 13.3 Å². The lowest BCUT2D eigenvalue weighted by atomic mass is 10.3. The number of urea groups is 1. The minimum absolute atomic E-state index is 0.430. The standard InChI is InChI=1S/C10H13N2O2/c1-2-8-14-12(10(11)13)9-6-4-3-5-7-9/h3-7,11H,2,8H2,1H3. The lowest BCUT2D eigenvalue weighted by Crippen LogP contribution is -2.30. The van der Waals surface area contributed by atoms with Gasteiger partial charge in [0.25, 0.3) is 0 Å². The molecule has 0 saturated heterocycles. The zero-order valence-electron chi connectivity index (χ0n) is 8.06. The smallest absolute Gasteiger partial charge is 0.264 e. The Hall–Kier alpha value is -1.55. The lowest BCUT2D eigenvalue weighted by Gasteiger charge is -2.18. The molecule has 1 aromatic carbocycles. The van der Waals surface area contributed by atoms with E-state index in [4.69, 9.17) is 10.6 Å². The molecular formula is C10H13N2O2. The van der Waals surface area contributed by atoms with Crippen molar-refractivity contribution in [3.63, 3.8) is 0 Å². The molecule has 1 radical (unpaired) electrons. The minimum Gasteiger partial charge on any atom is -0.264 e. The van der Waals surface area contributed by atoms with Crippen LogP contribution in [0.25, 0.3) is 0 Å². The average Bonchev–Trinajstić information content (AvgIpc) is 2.19. The highest BCUT2D eigenvalue weighted by molar-refractivity contribution is 5.87. The summed E-state index contributed by atoms with van der Waals surface area (Å²) < 4.78 is 0. The maximum Gasteiger partial charge on any atom is 0.364 e. The fraction of sp³-hybridized carbons (Fsp3) is 0.300. The van der Waals surface area contributed by atoms with Crippen LogP contribution in [-0.2, 0) is 4.84 Å². The second kappa shape index (κ2) is 5.24. The van der Waals surface area contributed by atoms with Crippen molar-refractivity contribution in [3.8, 4) is 0 Å². The molecule has 75 valence electrons. The number of hydrogen-bond donors (Lipinski definition) is 0. The van der Waals surface area contributed by atoms with Crippen LogP contribution in [0.3, 0.4) is 0 Å². The van der Waals surface area contributed by atoms with Crippen molar-refractivity contribution in [1.29, 1.82) is 0 Å². The zero-order valence-corrected chi connectivity index (χ0v) is 8.06. The lowest BCUT2D eigenvalue weighted by molar-refractivity contribution is 0.120. The molecule has 0 aromatic heterocycles. The van der Waals surface area contributed by atoms with Crippen molar-refractivity contribution in [2.24, 2.45) is 0 Å². The molecule has 1 rings (SSSR count). The van der Waals surface area contributed by atoms with E-state index in [0.29, 0.717) is 12.3 Å². The van der Waals surface area contributed by atoms with Crippen molar-refractivity contribution >= 4 is 11.7 Å². The Labute approximate surface area is 83.2 Å². The van der Waals surface area contributed by atoms with Crippen molar-refractivity contribution in [3.05, 3.63) is 30.3 Å². The van der Waals surface area contributed by atoms with Gasteiger partial charge < -0.3 is 0 Å². The molecule has 0 aliphatic rings. The Bertz CT molecular complexity index is 287. The molecule has 0 atom stereocenters. The molecule has 4 heteroatoms. The minimum atomic E-state index is -0.857. The summed E-state index contributed by atoms with van der Waals surface area (Å²) in [5.41, 5.74) is 7.60. The summed E-state index contributed by atoms with van der Waals surface area (Å²) in [7, 11) is 0. The molecule has 1 aromatic rings. The maximum absolute atomic E-state index is 10.9. The zero-order chi connectivity index (χ0) is 10.4. The highest BCUT2D eigenvalue weighted by atomic mass is 16.7. The van der Waals surface area contributed by atoms with Crippen LogP contribution >= 0.6 is 0 Å². The molecule has 0 fully saturated rings. The third-order valence-electron chi connectivity index (χ3n) is 1.60. The maximum atomic E-state index is 10.9. The summed E-state index contributed by atoms with van der Waals surface area (Å²) in [6.45, 7) is 2.37. The number of para-hydroxylation sites is 1. The largest absolute Gasteiger partial charge is 0.364 e. The van der Waals surface area contributed by atoms with E-state index in [1.54, 1.807) is 24.3 Å². The summed E-state index contributed by atoms with van der Waals surface area (Å²) in [6.07, 6.45) is 0.802. The number of benzene rings is 1. The van der Waals surface area contributed by atoms with Gasteiger partial charge in [0.2, 0.25) is 0 Å². The van der Waals surface area contributed by atoms with E-state index in [1.807, 2.05) is 13.0 Å². The molecule has 0 aliphatic heterocycles. The second-order valence-corrected chi connectivity index (χ2v) is 2.77. The average molecular weight is 193 g/mol. The number of nitrogens with one attached hydrogen (secondary N) is 1. The number of anilines is 1. The first-order chi connectivity index (χ1) is 6.75. The Balaban J connectivity index is 2.73. The Morgan fingerprint density at radius 3 is 2.57 bits per heavy atom. The highest BCUT2D eigenvalue weighted by Gasteiger charge is 2.12. The first-order valence-electron chi connectivity index (χ1n) is 4.49. The van der Waals surface area contributed by atoms with E-state index < -0.39 is 6.03 Å². The fourth-order valence-electron chi connectivity index (χ4n) is 0.996. The molecular weight excluding hydrogens is 180 g/mol. The number of hydroxylamine groups is 1. The summed E-state index contributed by atoms with van der Waals surface area (Å²) in [6, 6.07) is 8.02. The number of rotatable bonds is 4. The monoisotopic (exact) mass is 193 g/mol. The fourth-order valence-corrected chi connectivity index (χ4v) is 0.996. The van der Waals surface area contributed by atoms with E-state index >= 15 is 0 Å². The molecule has 0 spiro atoms. The summed E-state index contributed by atoms with van der Waals surface area (Å²) in [4.78, 5) is 16.1. The number of carbonyl (C=O) groups is 1. The van der Waals surface area contributed by atoms with Gasteiger partial charge in [-0.2, -0.15) is 5.06 Å². The van der Waals surface area contributed by atoms with Gasteiger partial charge in [-0.3, -0.25) is 4.84 Å². The van der Waals surface area contributed by atoms with Gasteiger partial charge >= 0.3 is 6.03 Å². The first-order valence-corrected chi connectivity index (χ1v) is 4.49. The highest BCUT2D eigenvalue weighted by Crippen LogP contribution is 2.13. The summed E-state index contributed by atoms with van der Waals surface area (Å²) >= 11 is 0. The van der Waals surface area contributed by atoms with Crippen LogP contribution < -0.4 is 10.8 Å². The second-order valence-electron chi connectivity index (χ2n) is 2.77. The van der Waals surface area contributed by atoms with Crippen LogP contribution in [0.15, 0.2) is 30.3 Å². The Morgan fingerprint density at radius 1 is 1.43 bits per heavy atom. The van der Waals surface area contributed by atoms with Crippen LogP contribution in [-0.4, -0.2) is 12.6 Å². The molecule has 14 heavy (non-hydrogen) atoms. The van der Waals surface area contributed by atoms with Gasteiger partial charge in [0.1, 0.15) is 0 Å².